The topological polar surface area (TPSA) is 72.2 Å². The van der Waals surface area contributed by atoms with E-state index in [0.29, 0.717) is 10.9 Å². The fourth-order valence-electron chi connectivity index (χ4n) is 3.23. The summed E-state index contributed by atoms with van der Waals surface area (Å²) in [5.74, 6) is 0.571. The second kappa shape index (κ2) is 8.52. The van der Waals surface area contributed by atoms with Crippen molar-refractivity contribution in [2.45, 2.75) is 51.2 Å². The first-order valence-corrected chi connectivity index (χ1v) is 10.4. The molecule has 2 aromatic heterocycles. The summed E-state index contributed by atoms with van der Waals surface area (Å²) in [5.41, 5.74) is 3.77. The maximum absolute atomic E-state index is 12.8. The van der Waals surface area contributed by atoms with Crippen LogP contribution < -0.4 is 5.32 Å². The van der Waals surface area contributed by atoms with Crippen LogP contribution in [0.3, 0.4) is 0 Å². The Morgan fingerprint density at radius 3 is 2.63 bits per heavy atom. The molecule has 1 N–H and O–H groups in total. The number of benzene rings is 1. The maximum atomic E-state index is 12.8. The Morgan fingerprint density at radius 1 is 1.22 bits per heavy atom. The lowest BCUT2D eigenvalue weighted by Crippen LogP contribution is -2.30. The quantitative estimate of drug-likeness (QED) is 0.630. The molecule has 1 unspecified atom stereocenters. The Bertz CT molecular complexity index is 938. The molecule has 0 aliphatic heterocycles. The molecule has 3 rings (SSSR count). The molecule has 0 saturated carbocycles. The zero-order valence-corrected chi connectivity index (χ0v) is 17.0. The first-order valence-electron chi connectivity index (χ1n) is 9.14. The number of hydrogen-bond donors (Lipinski definition) is 1. The van der Waals surface area contributed by atoms with E-state index in [9.17, 15) is 4.79 Å². The molecule has 27 heavy (non-hydrogen) atoms. The third-order valence-corrected chi connectivity index (χ3v) is 5.20. The zero-order valence-electron chi connectivity index (χ0n) is 16.2. The van der Waals surface area contributed by atoms with E-state index in [0.717, 1.165) is 35.4 Å². The molecule has 0 radical (unpaired) electrons. The average molecular weight is 384 g/mol. The summed E-state index contributed by atoms with van der Waals surface area (Å²) < 4.78 is 1.72. The molecule has 2 heterocycles. The van der Waals surface area contributed by atoms with Crippen LogP contribution in [-0.2, 0) is 11.2 Å². The highest BCUT2D eigenvalue weighted by atomic mass is 32.2. The molecular formula is C20H25N5OS. The molecule has 0 saturated heterocycles. The van der Waals surface area contributed by atoms with Crippen LogP contribution in [0.1, 0.15) is 48.3 Å². The van der Waals surface area contributed by atoms with Gasteiger partial charge >= 0.3 is 0 Å². The van der Waals surface area contributed by atoms with Gasteiger partial charge in [-0.15, -0.1) is 5.10 Å². The predicted molar refractivity (Wildman–Crippen MR) is 108 cm³/mol. The molecular weight excluding hydrogens is 358 g/mol. The largest absolute Gasteiger partial charge is 0.349 e. The van der Waals surface area contributed by atoms with Crippen molar-refractivity contribution in [3.8, 4) is 0 Å². The minimum atomic E-state index is -0.00476. The minimum Gasteiger partial charge on any atom is -0.349 e. The van der Waals surface area contributed by atoms with Gasteiger partial charge in [-0.05, 0) is 32.1 Å². The van der Waals surface area contributed by atoms with Crippen molar-refractivity contribution >= 4 is 23.4 Å². The molecule has 1 aromatic carbocycles. The van der Waals surface area contributed by atoms with Crippen LogP contribution in [0.2, 0.25) is 0 Å². The number of aromatic nitrogens is 4. The molecule has 142 valence electrons. The number of nitrogens with one attached hydrogen (secondary N) is 1. The molecule has 0 fully saturated rings. The number of nitrogens with zero attached hydrogens (tertiary/aromatic N) is 4. The Hall–Kier alpha value is -2.41. The second-order valence-electron chi connectivity index (χ2n) is 6.57. The highest BCUT2D eigenvalue weighted by molar-refractivity contribution is 7.98. The third kappa shape index (κ3) is 4.30. The number of rotatable bonds is 7. The van der Waals surface area contributed by atoms with E-state index in [1.165, 1.54) is 11.8 Å². The number of fused-ring (bicyclic) bond motifs is 1. The van der Waals surface area contributed by atoms with Gasteiger partial charge in [0, 0.05) is 17.0 Å². The summed E-state index contributed by atoms with van der Waals surface area (Å²) in [4.78, 5) is 21.7. The van der Waals surface area contributed by atoms with Gasteiger partial charge in [0.1, 0.15) is 0 Å². The summed E-state index contributed by atoms with van der Waals surface area (Å²) in [5, 5.41) is 8.32. The van der Waals surface area contributed by atoms with Crippen LogP contribution in [0, 0.1) is 13.8 Å². The zero-order chi connectivity index (χ0) is 19.4. The van der Waals surface area contributed by atoms with Gasteiger partial charge in [-0.2, -0.15) is 4.98 Å². The fraction of sp³-hybridized carbons (Fsp3) is 0.400. The highest BCUT2D eigenvalue weighted by Crippen LogP contribution is 2.20. The van der Waals surface area contributed by atoms with Crippen molar-refractivity contribution in [3.63, 3.8) is 0 Å². The predicted octanol–water partition coefficient (Wildman–Crippen LogP) is 3.66. The molecule has 0 spiro atoms. The third-order valence-electron chi connectivity index (χ3n) is 4.66. The van der Waals surface area contributed by atoms with Crippen LogP contribution in [0.15, 0.2) is 35.5 Å². The van der Waals surface area contributed by atoms with Crippen molar-refractivity contribution in [2.24, 2.45) is 0 Å². The number of hydrogen-bond acceptors (Lipinski definition) is 5. The summed E-state index contributed by atoms with van der Waals surface area (Å²) in [6, 6.07) is 10.1. The van der Waals surface area contributed by atoms with Gasteiger partial charge in [-0.1, -0.05) is 55.4 Å². The Morgan fingerprint density at radius 2 is 1.96 bits per heavy atom. The highest BCUT2D eigenvalue weighted by Gasteiger charge is 2.18. The molecule has 0 aliphatic rings. The van der Waals surface area contributed by atoms with Crippen LogP contribution in [-0.4, -0.2) is 31.7 Å². The molecule has 6 nitrogen and oxygen atoms in total. The van der Waals surface area contributed by atoms with Gasteiger partial charge in [0.05, 0.1) is 12.5 Å². The van der Waals surface area contributed by atoms with Crippen LogP contribution >= 0.6 is 11.8 Å². The lowest BCUT2D eigenvalue weighted by atomic mass is 10.0. The van der Waals surface area contributed by atoms with Gasteiger partial charge < -0.3 is 5.32 Å². The molecule has 1 atom stereocenters. The molecule has 1 amide bonds. The molecule has 3 aromatic rings. The SMILES string of the molecule is CCCC(NC(=O)Cc1c(C)nc2nc(SC)nn2c1C)c1ccccc1. The van der Waals surface area contributed by atoms with Crippen molar-refractivity contribution in [1.82, 2.24) is 24.9 Å². The van der Waals surface area contributed by atoms with Gasteiger partial charge in [-0.3, -0.25) is 4.79 Å². The van der Waals surface area contributed by atoms with Crippen molar-refractivity contribution in [1.29, 1.82) is 0 Å². The van der Waals surface area contributed by atoms with Crippen LogP contribution in [0.4, 0.5) is 0 Å². The van der Waals surface area contributed by atoms with E-state index < -0.39 is 0 Å². The molecule has 7 heteroatoms. The minimum absolute atomic E-state index is 0.00476. The van der Waals surface area contributed by atoms with E-state index in [-0.39, 0.29) is 18.4 Å². The smallest absolute Gasteiger partial charge is 0.253 e. The van der Waals surface area contributed by atoms with Crippen LogP contribution in [0.25, 0.3) is 5.78 Å². The summed E-state index contributed by atoms with van der Waals surface area (Å²) in [7, 11) is 0. The standard InChI is InChI=1S/C20H25N5OS/c1-5-9-17(15-10-7-6-8-11-15)22-18(26)12-16-13(2)21-19-23-20(27-4)24-25(19)14(16)3/h6-8,10-11,17H,5,9,12H2,1-4H3,(H,22,26). The summed E-state index contributed by atoms with van der Waals surface area (Å²) >= 11 is 1.48. The van der Waals surface area contributed by atoms with Crippen molar-refractivity contribution in [3.05, 3.63) is 52.8 Å². The number of aryl methyl sites for hydroxylation is 2. The lowest BCUT2D eigenvalue weighted by molar-refractivity contribution is -0.121. The number of carbonyl (C=O) groups is 1. The maximum Gasteiger partial charge on any atom is 0.253 e. The monoisotopic (exact) mass is 383 g/mol. The fourth-order valence-corrected chi connectivity index (χ4v) is 3.57. The molecule has 0 aliphatic carbocycles. The molecule has 0 bridgehead atoms. The van der Waals surface area contributed by atoms with E-state index in [2.05, 4.69) is 39.4 Å². The normalized spacial score (nSPS) is 12.3. The van der Waals surface area contributed by atoms with Gasteiger partial charge in [0.2, 0.25) is 11.1 Å². The average Bonchev–Trinajstić information content (AvgIpc) is 3.09. The van der Waals surface area contributed by atoms with Crippen LogP contribution in [0.5, 0.6) is 0 Å². The lowest BCUT2D eigenvalue weighted by Gasteiger charge is -2.19. The van der Waals surface area contributed by atoms with E-state index >= 15 is 0 Å². The van der Waals surface area contributed by atoms with Crippen molar-refractivity contribution in [2.75, 3.05) is 6.26 Å². The van der Waals surface area contributed by atoms with Gasteiger partial charge in [0.15, 0.2) is 0 Å². The first kappa shape index (κ1) is 19.4. The summed E-state index contributed by atoms with van der Waals surface area (Å²) in [6.45, 7) is 6.01. The number of thioether (sulfide) groups is 1. The van der Waals surface area contributed by atoms with E-state index in [1.54, 1.807) is 4.52 Å². The Labute approximate surface area is 163 Å². The first-order chi connectivity index (χ1) is 13.0. The number of amides is 1. The summed E-state index contributed by atoms with van der Waals surface area (Å²) in [6.07, 6.45) is 4.12. The van der Waals surface area contributed by atoms with Gasteiger partial charge in [0.25, 0.3) is 5.78 Å². The van der Waals surface area contributed by atoms with E-state index in [4.69, 9.17) is 0 Å². The van der Waals surface area contributed by atoms with E-state index in [1.807, 2.05) is 38.3 Å². The Kier molecular flexibility index (Phi) is 6.11. The second-order valence-corrected chi connectivity index (χ2v) is 7.34. The number of carbonyl (C=O) groups excluding carboxylic acids is 1. The Balaban J connectivity index is 1.82. The van der Waals surface area contributed by atoms with Crippen molar-refractivity contribution < 1.29 is 4.79 Å². The van der Waals surface area contributed by atoms with Gasteiger partial charge in [-0.25, -0.2) is 9.50 Å².